The normalized spacial score (nSPS) is 10.4. The topological polar surface area (TPSA) is 48.1 Å². The molecule has 0 radical (unpaired) electrons. The van der Waals surface area contributed by atoms with Gasteiger partial charge in [0.05, 0.1) is 5.69 Å². The summed E-state index contributed by atoms with van der Waals surface area (Å²) in [6.45, 7) is 0.578. The van der Waals surface area contributed by atoms with Crippen molar-refractivity contribution in [2.75, 3.05) is 0 Å². The van der Waals surface area contributed by atoms with Gasteiger partial charge in [-0.15, -0.1) is 0 Å². The van der Waals surface area contributed by atoms with Crippen molar-refractivity contribution in [3.63, 3.8) is 0 Å². The van der Waals surface area contributed by atoms with Crippen LogP contribution in [0.5, 0.6) is 5.75 Å². The summed E-state index contributed by atoms with van der Waals surface area (Å²) in [4.78, 5) is 4.18. The lowest BCUT2D eigenvalue weighted by Crippen LogP contribution is -2.07. The summed E-state index contributed by atoms with van der Waals surface area (Å²) >= 11 is 3.27. The third-order valence-corrected chi connectivity index (χ3v) is 2.96. The number of hydrogen-bond acceptors (Lipinski definition) is 3. The molecule has 2 aromatic rings. The Morgan fingerprint density at radius 2 is 2.17 bits per heavy atom. The fourth-order valence-electron chi connectivity index (χ4n) is 1.52. The summed E-state index contributed by atoms with van der Waals surface area (Å²) in [5.74, 6) is -0.207. The Morgan fingerprint density at radius 1 is 1.33 bits per heavy atom. The van der Waals surface area contributed by atoms with E-state index in [0.717, 1.165) is 15.7 Å². The maximum atomic E-state index is 13.5. The van der Waals surface area contributed by atoms with Gasteiger partial charge in [0.2, 0.25) is 0 Å². The quantitative estimate of drug-likeness (QED) is 0.944. The standard InChI is InChI=1S/C13H12BrFN2O/c14-10-3-4-11(15)13(6-10)18-8-12-9(7-16)2-1-5-17-12/h1-6H,7-8,16H2. The van der Waals surface area contributed by atoms with Crippen LogP contribution in [-0.4, -0.2) is 4.98 Å². The largest absolute Gasteiger partial charge is 0.484 e. The highest BCUT2D eigenvalue weighted by atomic mass is 79.9. The first kappa shape index (κ1) is 13.0. The molecule has 0 spiro atoms. The van der Waals surface area contributed by atoms with Gasteiger partial charge in [-0.2, -0.15) is 0 Å². The lowest BCUT2D eigenvalue weighted by molar-refractivity contribution is 0.284. The molecule has 2 rings (SSSR count). The van der Waals surface area contributed by atoms with Crippen LogP contribution < -0.4 is 10.5 Å². The second-order valence-electron chi connectivity index (χ2n) is 3.68. The number of nitrogens with two attached hydrogens (primary N) is 1. The summed E-state index contributed by atoms with van der Waals surface area (Å²) in [5.41, 5.74) is 7.21. The zero-order chi connectivity index (χ0) is 13.0. The van der Waals surface area contributed by atoms with Crippen LogP contribution in [0.25, 0.3) is 0 Å². The van der Waals surface area contributed by atoms with Crippen LogP contribution in [0, 0.1) is 5.82 Å². The SMILES string of the molecule is NCc1cccnc1COc1cc(Br)ccc1F. The zero-order valence-corrected chi connectivity index (χ0v) is 11.2. The molecule has 0 fully saturated rings. The fraction of sp³-hybridized carbons (Fsp3) is 0.154. The van der Waals surface area contributed by atoms with Gasteiger partial charge in [0, 0.05) is 17.2 Å². The molecule has 0 bridgehead atoms. The van der Waals surface area contributed by atoms with Crippen LogP contribution >= 0.6 is 15.9 Å². The van der Waals surface area contributed by atoms with Crippen molar-refractivity contribution < 1.29 is 9.13 Å². The van der Waals surface area contributed by atoms with E-state index in [1.165, 1.54) is 6.07 Å². The molecular formula is C13H12BrFN2O. The highest BCUT2D eigenvalue weighted by Gasteiger charge is 2.07. The van der Waals surface area contributed by atoms with E-state index in [1.807, 2.05) is 12.1 Å². The van der Waals surface area contributed by atoms with Gasteiger partial charge in [-0.3, -0.25) is 4.98 Å². The molecule has 1 heterocycles. The number of ether oxygens (including phenoxy) is 1. The van der Waals surface area contributed by atoms with E-state index in [1.54, 1.807) is 18.3 Å². The van der Waals surface area contributed by atoms with E-state index in [2.05, 4.69) is 20.9 Å². The molecule has 0 unspecified atom stereocenters. The van der Waals surface area contributed by atoms with Crippen molar-refractivity contribution in [3.8, 4) is 5.75 Å². The van der Waals surface area contributed by atoms with Crippen molar-refractivity contribution in [1.82, 2.24) is 4.98 Å². The predicted octanol–water partition coefficient (Wildman–Crippen LogP) is 3.02. The van der Waals surface area contributed by atoms with Crippen molar-refractivity contribution in [1.29, 1.82) is 0 Å². The third-order valence-electron chi connectivity index (χ3n) is 2.46. The number of pyridine rings is 1. The third kappa shape index (κ3) is 3.05. The molecule has 0 aliphatic heterocycles. The lowest BCUT2D eigenvalue weighted by atomic mass is 10.2. The van der Waals surface area contributed by atoms with Gasteiger partial charge in [-0.25, -0.2) is 4.39 Å². The molecule has 0 saturated heterocycles. The average molecular weight is 311 g/mol. The van der Waals surface area contributed by atoms with E-state index in [0.29, 0.717) is 6.54 Å². The van der Waals surface area contributed by atoms with E-state index >= 15 is 0 Å². The predicted molar refractivity (Wildman–Crippen MR) is 70.6 cm³/mol. The summed E-state index contributed by atoms with van der Waals surface area (Å²) in [7, 11) is 0. The minimum Gasteiger partial charge on any atom is -0.484 e. The van der Waals surface area contributed by atoms with Gasteiger partial charge in [-0.1, -0.05) is 22.0 Å². The van der Waals surface area contributed by atoms with E-state index in [4.69, 9.17) is 10.5 Å². The Labute approximate surface area is 113 Å². The summed E-state index contributed by atoms with van der Waals surface area (Å²) in [6.07, 6.45) is 1.66. The first-order valence-electron chi connectivity index (χ1n) is 5.41. The second-order valence-corrected chi connectivity index (χ2v) is 4.59. The van der Waals surface area contributed by atoms with Crippen LogP contribution in [0.1, 0.15) is 11.3 Å². The van der Waals surface area contributed by atoms with Crippen molar-refractivity contribution in [3.05, 3.63) is 58.1 Å². The molecular weight excluding hydrogens is 299 g/mol. The molecule has 5 heteroatoms. The van der Waals surface area contributed by atoms with Crippen LogP contribution in [0.15, 0.2) is 41.0 Å². The van der Waals surface area contributed by atoms with E-state index < -0.39 is 5.82 Å². The summed E-state index contributed by atoms with van der Waals surface area (Å²) in [5, 5.41) is 0. The molecule has 0 aliphatic rings. The zero-order valence-electron chi connectivity index (χ0n) is 9.57. The Morgan fingerprint density at radius 3 is 2.94 bits per heavy atom. The van der Waals surface area contributed by atoms with Gasteiger partial charge in [0.15, 0.2) is 11.6 Å². The van der Waals surface area contributed by atoms with Gasteiger partial charge in [-0.05, 0) is 29.8 Å². The minimum absolute atomic E-state index is 0.193. The van der Waals surface area contributed by atoms with Gasteiger partial charge in [0.25, 0.3) is 0 Å². The number of benzene rings is 1. The van der Waals surface area contributed by atoms with Crippen LogP contribution in [-0.2, 0) is 13.2 Å². The smallest absolute Gasteiger partial charge is 0.165 e. The average Bonchev–Trinajstić information content (AvgIpc) is 2.40. The Hall–Kier alpha value is -1.46. The van der Waals surface area contributed by atoms with Gasteiger partial charge >= 0.3 is 0 Å². The molecule has 0 aliphatic carbocycles. The molecule has 18 heavy (non-hydrogen) atoms. The Bertz CT molecular complexity index is 548. The van der Waals surface area contributed by atoms with Crippen LogP contribution in [0.4, 0.5) is 4.39 Å². The minimum atomic E-state index is -0.400. The number of nitrogens with zero attached hydrogens (tertiary/aromatic N) is 1. The highest BCUT2D eigenvalue weighted by Crippen LogP contribution is 2.23. The highest BCUT2D eigenvalue weighted by molar-refractivity contribution is 9.10. The first-order valence-corrected chi connectivity index (χ1v) is 6.20. The van der Waals surface area contributed by atoms with E-state index in [-0.39, 0.29) is 12.4 Å². The molecule has 1 aromatic heterocycles. The molecule has 3 nitrogen and oxygen atoms in total. The number of hydrogen-bond donors (Lipinski definition) is 1. The van der Waals surface area contributed by atoms with Crippen molar-refractivity contribution in [2.45, 2.75) is 13.2 Å². The monoisotopic (exact) mass is 310 g/mol. The molecule has 0 amide bonds. The molecule has 0 atom stereocenters. The first-order chi connectivity index (χ1) is 8.70. The lowest BCUT2D eigenvalue weighted by Gasteiger charge is -2.09. The molecule has 2 N–H and O–H groups in total. The molecule has 94 valence electrons. The maximum absolute atomic E-state index is 13.5. The second kappa shape index (κ2) is 5.93. The number of aromatic nitrogens is 1. The maximum Gasteiger partial charge on any atom is 0.165 e. The fourth-order valence-corrected chi connectivity index (χ4v) is 1.86. The van der Waals surface area contributed by atoms with Crippen LogP contribution in [0.2, 0.25) is 0 Å². The van der Waals surface area contributed by atoms with Crippen molar-refractivity contribution in [2.24, 2.45) is 5.73 Å². The Kier molecular flexibility index (Phi) is 4.28. The summed E-state index contributed by atoms with van der Waals surface area (Å²) in [6, 6.07) is 8.24. The molecule has 0 saturated carbocycles. The number of halogens is 2. The van der Waals surface area contributed by atoms with Gasteiger partial charge < -0.3 is 10.5 Å². The number of rotatable bonds is 4. The molecule has 1 aromatic carbocycles. The van der Waals surface area contributed by atoms with Gasteiger partial charge in [0.1, 0.15) is 6.61 Å². The van der Waals surface area contributed by atoms with E-state index in [9.17, 15) is 4.39 Å². The van der Waals surface area contributed by atoms with Crippen molar-refractivity contribution >= 4 is 15.9 Å². The Balaban J connectivity index is 2.14. The summed E-state index contributed by atoms with van der Waals surface area (Å²) < 4.78 is 19.6. The van der Waals surface area contributed by atoms with Crippen LogP contribution in [0.3, 0.4) is 0 Å².